The van der Waals surface area contributed by atoms with E-state index < -0.39 is 21.7 Å². The monoisotopic (exact) mass is 536 g/mol. The van der Waals surface area contributed by atoms with Crippen molar-refractivity contribution in [3.05, 3.63) is 72.2 Å². The second-order valence-electron chi connectivity index (χ2n) is 9.80. The molecule has 3 atom stereocenters. The fourth-order valence-electron chi connectivity index (χ4n) is 4.52. The molecule has 1 fully saturated rings. The lowest BCUT2D eigenvalue weighted by Crippen LogP contribution is -2.44. The van der Waals surface area contributed by atoms with E-state index in [2.05, 4.69) is 40.1 Å². The number of halogens is 2. The van der Waals surface area contributed by atoms with E-state index in [0.717, 1.165) is 5.56 Å². The van der Waals surface area contributed by atoms with Gasteiger partial charge in [0.05, 0.1) is 32.8 Å². The van der Waals surface area contributed by atoms with Gasteiger partial charge in [-0.25, -0.2) is 27.9 Å². The molecule has 3 N–H and O–H groups in total. The first-order valence-electron chi connectivity index (χ1n) is 12.5. The largest absolute Gasteiger partial charge is 0.350 e. The van der Waals surface area contributed by atoms with Crippen molar-refractivity contribution in [2.24, 2.45) is 0 Å². The van der Waals surface area contributed by atoms with Gasteiger partial charge in [0.1, 0.15) is 17.5 Å². The third kappa shape index (κ3) is 5.61. The first kappa shape index (κ1) is 26.0. The summed E-state index contributed by atoms with van der Waals surface area (Å²) in [5.74, 6) is 3.74. The van der Waals surface area contributed by atoms with Crippen LogP contribution in [0.1, 0.15) is 31.7 Å². The Morgan fingerprint density at radius 3 is 2.61 bits per heavy atom. The Bertz CT molecular complexity index is 1560. The Balaban J connectivity index is 1.44. The molecule has 2 aromatic carbocycles. The number of nitrogens with one attached hydrogen (secondary N) is 3. The lowest BCUT2D eigenvalue weighted by Gasteiger charge is -2.26. The van der Waals surface area contributed by atoms with Crippen molar-refractivity contribution in [2.75, 3.05) is 23.1 Å². The van der Waals surface area contributed by atoms with Crippen molar-refractivity contribution in [2.45, 2.75) is 43.3 Å². The molecule has 0 saturated carbocycles. The van der Waals surface area contributed by atoms with Gasteiger partial charge in [-0.1, -0.05) is 38.1 Å². The molecule has 4 aromatic rings. The van der Waals surface area contributed by atoms with E-state index in [1.54, 1.807) is 42.6 Å². The molecule has 0 radical (unpaired) electrons. The molecular formula is C28H30F2N6OS. The molecule has 5 rings (SSSR count). The number of fused-ring (bicyclic) bond motifs is 1. The summed E-state index contributed by atoms with van der Waals surface area (Å²) >= 11 is 0. The summed E-state index contributed by atoms with van der Waals surface area (Å²) in [5.41, 5.74) is 3.44. The standard InChI is InChI=1S/C28H30F2N6OS/c1-17(2)22-13-25(34-26-16-32-28(35-27(22)26)33-20-12-19(29)14-31-15-20)18-9-10-24(23(30)11-18)36-38(3,37)21-7-5-4-6-8-21/h4-11,13,16-17,19-20,31H,3,12,14-15H2,1-2H3,(H,36,37)(H,32,33,35)/t19-,20-,38?/m0/s1. The third-order valence-electron chi connectivity index (χ3n) is 6.49. The van der Waals surface area contributed by atoms with Gasteiger partial charge >= 0.3 is 0 Å². The maximum atomic E-state index is 15.1. The molecule has 7 nitrogen and oxygen atoms in total. The van der Waals surface area contributed by atoms with Gasteiger partial charge in [-0.3, -0.25) is 0 Å². The molecule has 198 valence electrons. The lowest BCUT2D eigenvalue weighted by atomic mass is 9.99. The van der Waals surface area contributed by atoms with Gasteiger partial charge in [-0.15, -0.1) is 0 Å². The number of aromatic nitrogens is 3. The molecule has 10 heteroatoms. The third-order valence-corrected chi connectivity index (χ3v) is 8.07. The Hall–Kier alpha value is -3.63. The van der Waals surface area contributed by atoms with Crippen LogP contribution in [0, 0.1) is 5.82 Å². The smallest absolute Gasteiger partial charge is 0.223 e. The SMILES string of the molecule is C=S(=O)(Nc1ccc(-c2cc(C(C)C)c3nc(N[C@@H]4CNC[C@@H](F)C4)ncc3n2)cc1F)c1ccccc1. The van der Waals surface area contributed by atoms with Gasteiger partial charge in [0.15, 0.2) is 0 Å². The van der Waals surface area contributed by atoms with Crippen molar-refractivity contribution in [1.82, 2.24) is 20.3 Å². The summed E-state index contributed by atoms with van der Waals surface area (Å²) in [5, 5.41) is 6.29. The molecule has 0 spiro atoms. The lowest BCUT2D eigenvalue weighted by molar-refractivity contribution is 0.254. The molecule has 1 aliphatic rings. The average molecular weight is 537 g/mol. The Kier molecular flexibility index (Phi) is 7.27. The minimum absolute atomic E-state index is 0.0919. The maximum Gasteiger partial charge on any atom is 0.223 e. The highest BCUT2D eigenvalue weighted by Crippen LogP contribution is 2.31. The van der Waals surface area contributed by atoms with Gasteiger partial charge in [0, 0.05) is 36.0 Å². The minimum Gasteiger partial charge on any atom is -0.350 e. The molecule has 1 saturated heterocycles. The highest BCUT2D eigenvalue weighted by Gasteiger charge is 2.22. The summed E-state index contributed by atoms with van der Waals surface area (Å²) in [7, 11) is -2.93. The highest BCUT2D eigenvalue weighted by atomic mass is 32.2. The van der Waals surface area contributed by atoms with Crippen LogP contribution in [0.3, 0.4) is 0 Å². The number of piperidine rings is 1. The van der Waals surface area contributed by atoms with E-state index in [-0.39, 0.29) is 17.6 Å². The number of rotatable bonds is 7. The summed E-state index contributed by atoms with van der Waals surface area (Å²) in [6.07, 6.45) is 1.12. The highest BCUT2D eigenvalue weighted by molar-refractivity contribution is 8.01. The maximum absolute atomic E-state index is 15.1. The zero-order valence-corrected chi connectivity index (χ0v) is 22.1. The molecule has 0 aliphatic carbocycles. The Morgan fingerprint density at radius 1 is 1.11 bits per heavy atom. The Morgan fingerprint density at radius 2 is 1.89 bits per heavy atom. The average Bonchev–Trinajstić information content (AvgIpc) is 2.89. The number of benzene rings is 2. The number of pyridine rings is 1. The minimum atomic E-state index is -2.93. The summed E-state index contributed by atoms with van der Waals surface area (Å²) < 4.78 is 44.7. The van der Waals surface area contributed by atoms with E-state index in [0.29, 0.717) is 52.6 Å². The topological polar surface area (TPSA) is 91.8 Å². The number of alkyl halides is 1. The van der Waals surface area contributed by atoms with Crippen LogP contribution in [-0.4, -0.2) is 50.3 Å². The molecular weight excluding hydrogens is 506 g/mol. The molecule has 1 unspecified atom stereocenters. The summed E-state index contributed by atoms with van der Waals surface area (Å²) in [4.78, 5) is 14.3. The first-order valence-corrected chi connectivity index (χ1v) is 14.2. The van der Waals surface area contributed by atoms with Crippen molar-refractivity contribution in [3.63, 3.8) is 0 Å². The number of anilines is 2. The molecule has 38 heavy (non-hydrogen) atoms. The van der Waals surface area contributed by atoms with Gasteiger partial charge in [0.2, 0.25) is 5.95 Å². The van der Waals surface area contributed by atoms with Crippen molar-refractivity contribution in [1.29, 1.82) is 0 Å². The van der Waals surface area contributed by atoms with Crippen LogP contribution in [0.25, 0.3) is 22.3 Å². The molecule has 0 amide bonds. The molecule has 3 heterocycles. The molecule has 0 bridgehead atoms. The van der Waals surface area contributed by atoms with E-state index in [1.807, 2.05) is 12.1 Å². The van der Waals surface area contributed by atoms with Gasteiger partial charge in [-0.2, -0.15) is 0 Å². The molecule has 1 aliphatic heterocycles. The van der Waals surface area contributed by atoms with Crippen LogP contribution in [-0.2, 0) is 9.71 Å². The van der Waals surface area contributed by atoms with Crippen LogP contribution in [0.15, 0.2) is 65.7 Å². The van der Waals surface area contributed by atoms with Crippen LogP contribution in [0.5, 0.6) is 0 Å². The fourth-order valence-corrected chi connectivity index (χ4v) is 5.76. The molecule has 2 aromatic heterocycles. The van der Waals surface area contributed by atoms with Crippen LogP contribution >= 0.6 is 0 Å². The second kappa shape index (κ2) is 10.6. The van der Waals surface area contributed by atoms with Gasteiger partial charge in [0.25, 0.3) is 0 Å². The quantitative estimate of drug-likeness (QED) is 0.282. The Labute approximate surface area is 221 Å². The van der Waals surface area contributed by atoms with Gasteiger partial charge in [-0.05, 0) is 47.7 Å². The van der Waals surface area contributed by atoms with E-state index in [1.165, 1.54) is 6.07 Å². The fraction of sp³-hybridized carbons (Fsp3) is 0.286. The summed E-state index contributed by atoms with van der Waals surface area (Å²) in [6, 6.07) is 15.1. The van der Waals surface area contributed by atoms with Crippen molar-refractivity contribution < 1.29 is 13.0 Å². The van der Waals surface area contributed by atoms with Crippen LogP contribution in [0.2, 0.25) is 0 Å². The van der Waals surface area contributed by atoms with Crippen LogP contribution in [0.4, 0.5) is 20.4 Å². The zero-order chi connectivity index (χ0) is 26.9. The van der Waals surface area contributed by atoms with Crippen molar-refractivity contribution in [3.8, 4) is 11.3 Å². The predicted octanol–water partition coefficient (Wildman–Crippen LogP) is 5.17. The van der Waals surface area contributed by atoms with E-state index in [4.69, 9.17) is 9.97 Å². The zero-order valence-electron chi connectivity index (χ0n) is 21.2. The van der Waals surface area contributed by atoms with Gasteiger partial charge < -0.3 is 15.4 Å². The predicted molar refractivity (Wildman–Crippen MR) is 150 cm³/mol. The van der Waals surface area contributed by atoms with E-state index in [9.17, 15) is 8.60 Å². The van der Waals surface area contributed by atoms with Crippen molar-refractivity contribution >= 4 is 38.2 Å². The second-order valence-corrected chi connectivity index (χ2v) is 11.8. The normalized spacial score (nSPS) is 19.3. The van der Waals surface area contributed by atoms with E-state index >= 15 is 4.39 Å². The summed E-state index contributed by atoms with van der Waals surface area (Å²) in [6.45, 7) is 5.10. The number of hydrogen-bond acceptors (Lipinski definition) is 6. The first-order chi connectivity index (χ1) is 18.2. The van der Waals surface area contributed by atoms with Crippen LogP contribution < -0.4 is 15.4 Å². The number of hydrogen-bond donors (Lipinski definition) is 3. The number of nitrogens with zero attached hydrogens (tertiary/aromatic N) is 3.